The van der Waals surface area contributed by atoms with Gasteiger partial charge in [-0.25, -0.2) is 0 Å². The molecule has 13 unspecified atom stereocenters. The summed E-state index contributed by atoms with van der Waals surface area (Å²) in [6.07, 6.45) is 5.96. The number of fused-ring (bicyclic) bond motifs is 6. The smallest absolute Gasteiger partial charge is 0.192 e. The van der Waals surface area contributed by atoms with Gasteiger partial charge in [0.05, 0.1) is 73.8 Å². The van der Waals surface area contributed by atoms with Crippen molar-refractivity contribution >= 4 is 22.4 Å². The van der Waals surface area contributed by atoms with Crippen LogP contribution in [-0.4, -0.2) is 140 Å². The first-order chi connectivity index (χ1) is 30.9. The zero-order valence-corrected chi connectivity index (χ0v) is 44.6. The molecule has 14 heteroatoms. The molecule has 10 rings (SSSR count). The van der Waals surface area contributed by atoms with E-state index in [9.17, 15) is 4.79 Å². The predicted octanol–water partition coefficient (Wildman–Crippen LogP) is 9.53. The lowest BCUT2D eigenvalue weighted by atomic mass is 9.81. The second kappa shape index (κ2) is 18.6. The zero-order chi connectivity index (χ0) is 47.3. The van der Waals surface area contributed by atoms with E-state index in [1.165, 1.54) is 0 Å². The molecule has 10 aliphatic heterocycles. The van der Waals surface area contributed by atoms with E-state index in [1.807, 2.05) is 0 Å². The summed E-state index contributed by atoms with van der Waals surface area (Å²) in [5, 5.41) is 0.0634. The van der Waals surface area contributed by atoms with Crippen molar-refractivity contribution in [1.29, 1.82) is 0 Å². The van der Waals surface area contributed by atoms with Crippen molar-refractivity contribution in [2.75, 3.05) is 13.7 Å². The van der Waals surface area contributed by atoms with Gasteiger partial charge in [-0.15, -0.1) is 0 Å². The Kier molecular flexibility index (Phi) is 14.1. The van der Waals surface area contributed by atoms with Crippen LogP contribution >= 0.6 is 0 Å². The van der Waals surface area contributed by atoms with Crippen LogP contribution in [0.1, 0.15) is 132 Å². The molecule has 0 saturated carbocycles. The Morgan fingerprint density at radius 2 is 1.36 bits per heavy atom. The van der Waals surface area contributed by atoms with Gasteiger partial charge in [0.25, 0.3) is 0 Å². The van der Waals surface area contributed by atoms with Gasteiger partial charge < -0.3 is 51.5 Å². The molecule has 1 spiro atoms. The zero-order valence-electron chi connectivity index (χ0n) is 42.6. The Balaban J connectivity index is 0.993. The van der Waals surface area contributed by atoms with E-state index >= 15 is 0 Å². The molecule has 12 bridgehead atoms. The van der Waals surface area contributed by atoms with Crippen LogP contribution < -0.4 is 0 Å². The highest BCUT2D eigenvalue weighted by molar-refractivity contribution is 6.74. The van der Waals surface area contributed by atoms with E-state index in [-0.39, 0.29) is 125 Å². The number of Topliss-reactive ketones (excluding diaryl/α,β-unsaturated/α-hetero) is 1. The Morgan fingerprint density at radius 1 is 0.697 bits per heavy atom. The van der Waals surface area contributed by atoms with Gasteiger partial charge in [0.1, 0.15) is 36.3 Å². The summed E-state index contributed by atoms with van der Waals surface area (Å²) in [5.74, 6) is -0.554. The van der Waals surface area contributed by atoms with E-state index in [2.05, 4.69) is 87.8 Å². The largest absolute Gasteiger partial charge is 0.414 e. The molecule has 0 N–H and O–H groups in total. The average Bonchev–Trinajstić information content (AvgIpc) is 3.90. The van der Waals surface area contributed by atoms with E-state index in [0.717, 1.165) is 56.1 Å². The molecule has 19 atom stereocenters. The second-order valence-corrected chi connectivity index (χ2v) is 34.7. The van der Waals surface area contributed by atoms with Crippen molar-refractivity contribution in [3.05, 3.63) is 24.3 Å². The van der Waals surface area contributed by atoms with Crippen LogP contribution in [0.15, 0.2) is 24.3 Å². The van der Waals surface area contributed by atoms with Crippen molar-refractivity contribution in [2.45, 2.75) is 272 Å². The molecule has 10 fully saturated rings. The minimum absolute atomic E-state index is 0.00884. The first kappa shape index (κ1) is 50.1. The lowest BCUT2D eigenvalue weighted by molar-refractivity contribution is -0.292. The predicted molar refractivity (Wildman–Crippen MR) is 256 cm³/mol. The Hall–Kier alpha value is -0.856. The van der Waals surface area contributed by atoms with Gasteiger partial charge >= 0.3 is 0 Å². The Bertz CT molecular complexity index is 1790. The van der Waals surface area contributed by atoms with Crippen molar-refractivity contribution in [3.63, 3.8) is 0 Å². The van der Waals surface area contributed by atoms with Crippen LogP contribution in [-0.2, 0) is 56.3 Å². The van der Waals surface area contributed by atoms with Gasteiger partial charge in [-0.05, 0) is 98.3 Å². The summed E-state index contributed by atoms with van der Waals surface area (Å²) in [6.45, 7) is 34.8. The highest BCUT2D eigenvalue weighted by atomic mass is 28.4. The fourth-order valence-corrected chi connectivity index (χ4v) is 14.8. The summed E-state index contributed by atoms with van der Waals surface area (Å²) < 4.78 is 76.0. The first-order valence-corrected chi connectivity index (χ1v) is 31.8. The Morgan fingerprint density at radius 3 is 2.09 bits per heavy atom. The lowest BCUT2D eigenvalue weighted by Gasteiger charge is -2.47. The summed E-state index contributed by atoms with van der Waals surface area (Å²) in [7, 11) is -2.55. The third kappa shape index (κ3) is 9.87. The number of carbonyl (C=O) groups excluding carboxylic acids is 1. The molecule has 10 saturated heterocycles. The van der Waals surface area contributed by atoms with Crippen molar-refractivity contribution < 1.29 is 56.3 Å². The molecular weight excluding hydrogens is 873 g/mol. The maximum Gasteiger partial charge on any atom is 0.192 e. The molecule has 374 valence electrons. The Labute approximate surface area is 398 Å². The van der Waals surface area contributed by atoms with Gasteiger partial charge in [-0.3, -0.25) is 4.79 Å². The lowest BCUT2D eigenvalue weighted by Crippen LogP contribution is -2.61. The van der Waals surface area contributed by atoms with Gasteiger partial charge in [-0.2, -0.15) is 0 Å². The first-order valence-electron chi connectivity index (χ1n) is 25.9. The number of ether oxygens (including phenoxy) is 9. The number of hydrogen-bond donors (Lipinski definition) is 0. The van der Waals surface area contributed by atoms with Crippen LogP contribution in [0.3, 0.4) is 0 Å². The van der Waals surface area contributed by atoms with E-state index in [0.29, 0.717) is 45.1 Å². The van der Waals surface area contributed by atoms with Gasteiger partial charge in [-0.1, -0.05) is 61.6 Å². The van der Waals surface area contributed by atoms with E-state index < -0.39 is 22.4 Å². The van der Waals surface area contributed by atoms with Crippen LogP contribution in [0.4, 0.5) is 0 Å². The van der Waals surface area contributed by atoms with Crippen molar-refractivity contribution in [3.8, 4) is 0 Å². The monoisotopic (exact) mass is 959 g/mol. The van der Waals surface area contributed by atoms with Crippen LogP contribution in [0.5, 0.6) is 0 Å². The SMILES string of the molecule is C=C1CC2CC[C@@]34CC5O[C@H]6C(O3)[C@H]3OC(CCC3O[C@H]6C5O4)CC(=O)C[C@H]3C(CC4OC(CCC1O2)CC(C)C4=C)OC(CC(CO[Si](C)(C)C(C)(C)C)O[Si](C)(C)C(C)(C)C)[C@@H]3OC. The van der Waals surface area contributed by atoms with Gasteiger partial charge in [0, 0.05) is 51.6 Å². The van der Waals surface area contributed by atoms with Gasteiger partial charge in [0.15, 0.2) is 22.4 Å². The minimum atomic E-state index is -2.22. The number of carbonyl (C=O) groups is 1. The molecule has 12 nitrogen and oxygen atoms in total. The summed E-state index contributed by atoms with van der Waals surface area (Å²) >= 11 is 0. The highest BCUT2D eigenvalue weighted by Crippen LogP contribution is 2.55. The molecule has 66 heavy (non-hydrogen) atoms. The quantitative estimate of drug-likeness (QED) is 0.170. The fourth-order valence-electron chi connectivity index (χ4n) is 12.4. The summed E-state index contributed by atoms with van der Waals surface area (Å²) in [5.41, 5.74) is 2.25. The van der Waals surface area contributed by atoms with E-state index in [1.54, 1.807) is 7.11 Å². The molecular formula is C52H86O12Si2. The molecule has 10 aliphatic rings. The summed E-state index contributed by atoms with van der Waals surface area (Å²) in [4.78, 5) is 14.6. The van der Waals surface area contributed by atoms with E-state index in [4.69, 9.17) is 51.5 Å². The molecule has 0 radical (unpaired) electrons. The molecule has 0 amide bonds. The van der Waals surface area contributed by atoms with Crippen LogP contribution in [0, 0.1) is 11.8 Å². The number of methoxy groups -OCH3 is 1. The fraction of sp³-hybridized carbons (Fsp3) is 0.904. The number of hydrogen-bond acceptors (Lipinski definition) is 12. The van der Waals surface area contributed by atoms with Crippen molar-refractivity contribution in [1.82, 2.24) is 0 Å². The molecule has 0 aliphatic carbocycles. The van der Waals surface area contributed by atoms with Crippen LogP contribution in [0.2, 0.25) is 36.3 Å². The minimum Gasteiger partial charge on any atom is -0.414 e. The maximum atomic E-state index is 14.6. The maximum absolute atomic E-state index is 14.6. The second-order valence-electron chi connectivity index (χ2n) is 25.1. The topological polar surface area (TPSA) is 119 Å². The van der Waals surface area contributed by atoms with Gasteiger partial charge in [0.2, 0.25) is 0 Å². The number of ketones is 1. The average molecular weight is 959 g/mol. The third-order valence-electron chi connectivity index (χ3n) is 18.4. The van der Waals surface area contributed by atoms with Crippen molar-refractivity contribution in [2.24, 2.45) is 11.8 Å². The normalized spacial score (nSPS) is 44.9. The standard InChI is InChI=1S/C52H86O12Si2/c1-29-21-33-15-17-38-30(2)22-35(56-38)19-20-52-27-43-46(62-52)47-48(61-43)49(63-52)45-39(60-47)18-16-34(58-45)23-32(53)24-37-41(26-40(57-33)31(29)3)59-42(44(37)54-10)25-36(64-66(13,14)51(7,8)9)28-55-65(11,12)50(4,5)6/h29,33-49H,2-3,15-28H2,1,4-14H3/t29?,33?,34?,35?,36?,37-,38?,39?,40?,41?,42?,43?,44+,45-,46?,47-,48+,49?,52-/m0/s1. The molecule has 10 heterocycles. The molecule has 0 aromatic carbocycles. The summed E-state index contributed by atoms with van der Waals surface area (Å²) in [6, 6.07) is 0. The molecule has 0 aromatic rings. The van der Waals surface area contributed by atoms with Crippen LogP contribution in [0.25, 0.3) is 0 Å². The highest BCUT2D eigenvalue weighted by Gasteiger charge is 2.69. The number of rotatable bonds is 8. The third-order valence-corrected chi connectivity index (χ3v) is 27.4. The molecule has 0 aromatic heterocycles.